The third-order valence-electron chi connectivity index (χ3n) is 5.69. The van der Waals surface area contributed by atoms with E-state index in [1.807, 2.05) is 53.4 Å². The second kappa shape index (κ2) is 7.21. The molecule has 3 aromatic rings. The molecule has 0 bridgehead atoms. The first-order valence-corrected chi connectivity index (χ1v) is 10.0. The van der Waals surface area contributed by atoms with E-state index in [4.69, 9.17) is 4.99 Å². The molecular weight excluding hydrogens is 346 g/mol. The lowest BCUT2D eigenvalue weighted by Crippen LogP contribution is -2.43. The van der Waals surface area contributed by atoms with Gasteiger partial charge < -0.3 is 0 Å². The molecule has 1 amide bonds. The van der Waals surface area contributed by atoms with E-state index < -0.39 is 0 Å². The lowest BCUT2D eigenvalue weighted by molar-refractivity contribution is -0.112. The zero-order valence-corrected chi connectivity index (χ0v) is 15.8. The number of fused-ring (bicyclic) bond motifs is 2. The molecule has 0 N–H and O–H groups in total. The number of rotatable bonds is 3. The Morgan fingerprint density at radius 3 is 2.46 bits per heavy atom. The molecule has 4 nitrogen and oxygen atoms in total. The van der Waals surface area contributed by atoms with Crippen LogP contribution in [0.2, 0.25) is 0 Å². The van der Waals surface area contributed by atoms with Crippen molar-refractivity contribution in [3.8, 4) is 0 Å². The number of para-hydroxylation sites is 1. The Balaban J connectivity index is 1.56. The van der Waals surface area contributed by atoms with Crippen LogP contribution in [0.25, 0.3) is 10.8 Å². The summed E-state index contributed by atoms with van der Waals surface area (Å²) in [7, 11) is 0. The van der Waals surface area contributed by atoms with Gasteiger partial charge in [-0.3, -0.25) is 14.6 Å². The Labute approximate surface area is 165 Å². The summed E-state index contributed by atoms with van der Waals surface area (Å²) in [4.78, 5) is 22.5. The van der Waals surface area contributed by atoms with Crippen molar-refractivity contribution in [1.29, 1.82) is 0 Å². The second-order valence-corrected chi connectivity index (χ2v) is 7.53. The van der Waals surface area contributed by atoms with Gasteiger partial charge in [-0.15, -0.1) is 0 Å². The zero-order valence-electron chi connectivity index (χ0n) is 15.8. The van der Waals surface area contributed by atoms with Crippen molar-refractivity contribution in [1.82, 2.24) is 4.90 Å². The van der Waals surface area contributed by atoms with Crippen molar-refractivity contribution in [2.24, 2.45) is 4.99 Å². The van der Waals surface area contributed by atoms with Crippen molar-refractivity contribution in [3.63, 3.8) is 0 Å². The van der Waals surface area contributed by atoms with Crippen LogP contribution in [0.1, 0.15) is 24.8 Å². The van der Waals surface area contributed by atoms with Gasteiger partial charge >= 0.3 is 0 Å². The quantitative estimate of drug-likeness (QED) is 0.668. The Hall–Kier alpha value is -2.98. The van der Waals surface area contributed by atoms with Crippen LogP contribution >= 0.6 is 0 Å². The Bertz CT molecular complexity index is 1060. The number of benzene rings is 3. The van der Waals surface area contributed by atoms with E-state index in [1.165, 1.54) is 19.3 Å². The van der Waals surface area contributed by atoms with Gasteiger partial charge in [-0.05, 0) is 43.5 Å². The molecule has 5 rings (SSSR count). The van der Waals surface area contributed by atoms with Gasteiger partial charge in [0.05, 0.1) is 18.0 Å². The molecule has 2 aliphatic heterocycles. The summed E-state index contributed by atoms with van der Waals surface area (Å²) in [5, 5.41) is 2.20. The number of hydrogen-bond acceptors (Lipinski definition) is 3. The van der Waals surface area contributed by atoms with Crippen molar-refractivity contribution in [3.05, 3.63) is 72.3 Å². The van der Waals surface area contributed by atoms with Gasteiger partial charge in [-0.2, -0.15) is 0 Å². The van der Waals surface area contributed by atoms with Crippen LogP contribution in [0.4, 0.5) is 11.4 Å². The highest BCUT2D eigenvalue weighted by atomic mass is 16.2. The van der Waals surface area contributed by atoms with Crippen molar-refractivity contribution in [2.45, 2.75) is 19.3 Å². The van der Waals surface area contributed by atoms with Gasteiger partial charge in [0.1, 0.15) is 5.71 Å². The molecule has 1 saturated heterocycles. The maximum atomic E-state index is 13.3. The van der Waals surface area contributed by atoms with Crippen LogP contribution in [0.15, 0.2) is 71.7 Å². The predicted octanol–water partition coefficient (Wildman–Crippen LogP) is 4.75. The van der Waals surface area contributed by atoms with Crippen molar-refractivity contribution < 1.29 is 4.79 Å². The number of piperidine rings is 1. The van der Waals surface area contributed by atoms with E-state index in [9.17, 15) is 4.79 Å². The largest absolute Gasteiger partial charge is 0.293 e. The summed E-state index contributed by atoms with van der Waals surface area (Å²) in [5.41, 5.74) is 3.29. The Kier molecular flexibility index (Phi) is 4.41. The zero-order chi connectivity index (χ0) is 18.9. The lowest BCUT2D eigenvalue weighted by atomic mass is 10.1. The van der Waals surface area contributed by atoms with Gasteiger partial charge in [0, 0.05) is 10.9 Å². The minimum Gasteiger partial charge on any atom is -0.293 e. The van der Waals surface area contributed by atoms with Gasteiger partial charge in [0.2, 0.25) is 0 Å². The Morgan fingerprint density at radius 1 is 0.821 bits per heavy atom. The molecule has 0 aliphatic carbocycles. The molecule has 0 atom stereocenters. The number of amides is 1. The normalized spacial score (nSPS) is 18.8. The van der Waals surface area contributed by atoms with E-state index >= 15 is 0 Å². The average molecular weight is 369 g/mol. The molecule has 0 spiro atoms. The van der Waals surface area contributed by atoms with Crippen LogP contribution in [-0.2, 0) is 4.79 Å². The average Bonchev–Trinajstić information content (AvgIpc) is 3.01. The van der Waals surface area contributed by atoms with Gasteiger partial charge in [-0.25, -0.2) is 4.99 Å². The Morgan fingerprint density at radius 2 is 1.57 bits per heavy atom. The number of nitrogens with zero attached hydrogens (tertiary/aromatic N) is 3. The first-order valence-electron chi connectivity index (χ1n) is 10.0. The standard InChI is InChI=1S/C24H23N3O/c28-24-23(25-21-13-8-10-18-9-2-3-11-19(18)21)20-12-4-5-14-22(20)27(24)17-26-15-6-1-7-16-26/h2-5,8-14H,1,6-7,15-17H2. The van der Waals surface area contributed by atoms with Crippen molar-refractivity contribution >= 4 is 33.8 Å². The maximum absolute atomic E-state index is 13.3. The summed E-state index contributed by atoms with van der Waals surface area (Å²) >= 11 is 0. The highest BCUT2D eigenvalue weighted by molar-refractivity contribution is 6.54. The molecule has 140 valence electrons. The van der Waals surface area contributed by atoms with Gasteiger partial charge in [0.15, 0.2) is 0 Å². The molecule has 4 heteroatoms. The smallest absolute Gasteiger partial charge is 0.278 e. The van der Waals surface area contributed by atoms with E-state index in [-0.39, 0.29) is 5.91 Å². The highest BCUT2D eigenvalue weighted by Gasteiger charge is 2.34. The molecule has 2 heterocycles. The molecule has 1 fully saturated rings. The molecule has 0 radical (unpaired) electrons. The van der Waals surface area contributed by atoms with Crippen LogP contribution < -0.4 is 4.90 Å². The summed E-state index contributed by atoms with van der Waals surface area (Å²) in [6.07, 6.45) is 3.70. The van der Waals surface area contributed by atoms with Crippen LogP contribution in [-0.4, -0.2) is 36.3 Å². The molecule has 0 aromatic heterocycles. The SMILES string of the molecule is O=C1C(=Nc2cccc3ccccc23)c2ccccc2N1CN1CCCCC1. The fourth-order valence-electron chi connectivity index (χ4n) is 4.24. The van der Waals surface area contributed by atoms with Gasteiger partial charge in [-0.1, -0.05) is 61.0 Å². The number of likely N-dealkylation sites (tertiary alicyclic amines) is 1. The second-order valence-electron chi connectivity index (χ2n) is 7.53. The highest BCUT2D eigenvalue weighted by Crippen LogP contribution is 2.33. The van der Waals surface area contributed by atoms with Crippen LogP contribution in [0.3, 0.4) is 0 Å². The van der Waals surface area contributed by atoms with Crippen LogP contribution in [0, 0.1) is 0 Å². The molecule has 28 heavy (non-hydrogen) atoms. The third kappa shape index (κ3) is 3.00. The number of aliphatic imine (C=N–C) groups is 1. The molecular formula is C24H23N3O. The molecule has 3 aromatic carbocycles. The van der Waals surface area contributed by atoms with Crippen LogP contribution in [0.5, 0.6) is 0 Å². The summed E-state index contributed by atoms with van der Waals surface area (Å²) in [5.74, 6) is -0.000271. The lowest BCUT2D eigenvalue weighted by Gasteiger charge is -2.30. The first kappa shape index (κ1) is 17.1. The number of carbonyl (C=O) groups is 1. The molecule has 0 saturated carbocycles. The van der Waals surface area contributed by atoms with E-state index in [1.54, 1.807) is 0 Å². The topological polar surface area (TPSA) is 35.9 Å². The monoisotopic (exact) mass is 369 g/mol. The number of hydrogen-bond donors (Lipinski definition) is 0. The minimum atomic E-state index is -0.000271. The fraction of sp³-hybridized carbons (Fsp3) is 0.250. The third-order valence-corrected chi connectivity index (χ3v) is 5.69. The number of anilines is 1. The first-order chi connectivity index (χ1) is 13.8. The fourth-order valence-corrected chi connectivity index (χ4v) is 4.24. The summed E-state index contributed by atoms with van der Waals surface area (Å²) in [6, 6.07) is 22.2. The maximum Gasteiger partial charge on any atom is 0.278 e. The summed E-state index contributed by atoms with van der Waals surface area (Å²) in [6.45, 7) is 2.76. The molecule has 2 aliphatic rings. The van der Waals surface area contributed by atoms with Crippen molar-refractivity contribution in [2.75, 3.05) is 24.7 Å². The van der Waals surface area contributed by atoms with E-state index in [0.717, 1.165) is 40.8 Å². The summed E-state index contributed by atoms with van der Waals surface area (Å²) < 4.78 is 0. The van der Waals surface area contributed by atoms with Gasteiger partial charge in [0.25, 0.3) is 5.91 Å². The minimum absolute atomic E-state index is 0.000271. The van der Waals surface area contributed by atoms with E-state index in [2.05, 4.69) is 23.1 Å². The molecule has 0 unspecified atom stereocenters. The number of carbonyl (C=O) groups excluding carboxylic acids is 1. The predicted molar refractivity (Wildman–Crippen MR) is 114 cm³/mol. The van der Waals surface area contributed by atoms with E-state index in [0.29, 0.717) is 12.4 Å².